The van der Waals surface area contributed by atoms with Crippen LogP contribution < -0.4 is 5.32 Å². The maximum absolute atomic E-state index is 11.1. The topological polar surface area (TPSA) is 75.4 Å². The van der Waals surface area contributed by atoms with Crippen LogP contribution in [0.4, 0.5) is 5.82 Å². The van der Waals surface area contributed by atoms with E-state index in [-0.39, 0.29) is 11.6 Å². The molecule has 19 heavy (non-hydrogen) atoms. The number of aromatic carboxylic acids is 1. The van der Waals surface area contributed by atoms with E-state index in [0.717, 1.165) is 18.6 Å². The molecule has 0 aliphatic carbocycles. The highest BCUT2D eigenvalue weighted by atomic mass is 16.4. The number of pyridine rings is 1. The van der Waals surface area contributed by atoms with Crippen LogP contribution in [-0.4, -0.2) is 22.1 Å². The van der Waals surface area contributed by atoms with E-state index in [1.54, 1.807) is 18.5 Å². The first-order valence-corrected chi connectivity index (χ1v) is 6.14. The van der Waals surface area contributed by atoms with Gasteiger partial charge in [0.25, 0.3) is 0 Å². The molecule has 0 aliphatic heterocycles. The Morgan fingerprint density at radius 3 is 3.00 bits per heavy atom. The summed E-state index contributed by atoms with van der Waals surface area (Å²) < 4.78 is 5.26. The van der Waals surface area contributed by atoms with E-state index in [1.165, 1.54) is 6.07 Å². The summed E-state index contributed by atoms with van der Waals surface area (Å²) in [6, 6.07) is 7.04. The average molecular weight is 260 g/mol. The minimum atomic E-state index is -0.978. The third-order valence-corrected chi connectivity index (χ3v) is 2.83. The smallest absolute Gasteiger partial charge is 0.339 e. The van der Waals surface area contributed by atoms with Gasteiger partial charge in [-0.25, -0.2) is 9.78 Å². The highest BCUT2D eigenvalue weighted by Crippen LogP contribution is 2.14. The molecule has 0 amide bonds. The van der Waals surface area contributed by atoms with Crippen LogP contribution >= 0.6 is 0 Å². The van der Waals surface area contributed by atoms with E-state index in [4.69, 9.17) is 9.52 Å². The van der Waals surface area contributed by atoms with Crippen LogP contribution in [0.2, 0.25) is 0 Å². The first-order chi connectivity index (χ1) is 9.16. The largest absolute Gasteiger partial charge is 0.478 e. The Morgan fingerprint density at radius 1 is 1.47 bits per heavy atom. The normalized spacial score (nSPS) is 12.1. The van der Waals surface area contributed by atoms with Gasteiger partial charge in [-0.3, -0.25) is 0 Å². The fourth-order valence-electron chi connectivity index (χ4n) is 1.81. The van der Waals surface area contributed by atoms with E-state index in [0.29, 0.717) is 5.82 Å². The number of carboxylic acid groups (broad SMARTS) is 1. The van der Waals surface area contributed by atoms with Crippen LogP contribution in [-0.2, 0) is 6.42 Å². The highest BCUT2D eigenvalue weighted by molar-refractivity contribution is 5.93. The summed E-state index contributed by atoms with van der Waals surface area (Å²) in [5, 5.41) is 12.2. The van der Waals surface area contributed by atoms with Crippen LogP contribution in [0.25, 0.3) is 0 Å². The lowest BCUT2D eigenvalue weighted by atomic mass is 10.1. The molecule has 1 unspecified atom stereocenters. The Labute approximate surface area is 111 Å². The zero-order valence-corrected chi connectivity index (χ0v) is 10.7. The Bertz CT molecular complexity index is 537. The minimum Gasteiger partial charge on any atom is -0.478 e. The molecular weight excluding hydrogens is 244 g/mol. The van der Waals surface area contributed by atoms with Crippen LogP contribution in [0.1, 0.15) is 29.5 Å². The molecule has 2 aromatic heterocycles. The standard InChI is InChI=1S/C14H16N2O3/c1-10(6-7-11-4-3-9-19-11)16-13-12(14(17)18)5-2-8-15-13/h2-5,8-10H,6-7H2,1H3,(H,15,16)(H,17,18). The Kier molecular flexibility index (Phi) is 4.18. The molecule has 1 atom stereocenters. The monoisotopic (exact) mass is 260 g/mol. The summed E-state index contributed by atoms with van der Waals surface area (Å²) in [6.07, 6.45) is 4.86. The molecule has 2 N–H and O–H groups in total. The van der Waals surface area contributed by atoms with Gasteiger partial charge in [0.15, 0.2) is 0 Å². The van der Waals surface area contributed by atoms with Crippen LogP contribution in [0.3, 0.4) is 0 Å². The van der Waals surface area contributed by atoms with Crippen molar-refractivity contribution in [3.8, 4) is 0 Å². The average Bonchev–Trinajstić information content (AvgIpc) is 2.90. The Balaban J connectivity index is 1.95. The Hall–Kier alpha value is -2.30. The highest BCUT2D eigenvalue weighted by Gasteiger charge is 2.12. The first kappa shape index (κ1) is 13.1. The van der Waals surface area contributed by atoms with Crippen molar-refractivity contribution in [3.05, 3.63) is 48.0 Å². The molecule has 0 aliphatic rings. The third-order valence-electron chi connectivity index (χ3n) is 2.83. The SMILES string of the molecule is CC(CCc1ccco1)Nc1ncccc1C(=O)O. The number of nitrogens with zero attached hydrogens (tertiary/aromatic N) is 1. The predicted octanol–water partition coefficient (Wildman–Crippen LogP) is 2.81. The van der Waals surface area contributed by atoms with E-state index >= 15 is 0 Å². The lowest BCUT2D eigenvalue weighted by molar-refractivity contribution is 0.0697. The lowest BCUT2D eigenvalue weighted by Gasteiger charge is -2.15. The summed E-state index contributed by atoms with van der Waals surface area (Å²) in [4.78, 5) is 15.1. The van der Waals surface area contributed by atoms with Crippen molar-refractivity contribution < 1.29 is 14.3 Å². The molecule has 2 rings (SSSR count). The van der Waals surface area contributed by atoms with Gasteiger partial charge in [0.05, 0.1) is 6.26 Å². The van der Waals surface area contributed by atoms with Crippen molar-refractivity contribution in [1.82, 2.24) is 4.98 Å². The van der Waals surface area contributed by atoms with Gasteiger partial charge < -0.3 is 14.8 Å². The van der Waals surface area contributed by atoms with Crippen LogP contribution in [0.15, 0.2) is 41.1 Å². The maximum atomic E-state index is 11.1. The van der Waals surface area contributed by atoms with Crippen LogP contribution in [0.5, 0.6) is 0 Å². The molecule has 0 fully saturated rings. The molecule has 100 valence electrons. The van der Waals surface area contributed by atoms with Crippen molar-refractivity contribution >= 4 is 11.8 Å². The number of rotatable bonds is 6. The summed E-state index contributed by atoms with van der Waals surface area (Å²) in [5.41, 5.74) is 0.187. The molecule has 5 heteroatoms. The number of anilines is 1. The number of hydrogen-bond donors (Lipinski definition) is 2. The van der Waals surface area contributed by atoms with Crippen molar-refractivity contribution in [2.24, 2.45) is 0 Å². The lowest BCUT2D eigenvalue weighted by Crippen LogP contribution is -2.19. The fourth-order valence-corrected chi connectivity index (χ4v) is 1.81. The predicted molar refractivity (Wildman–Crippen MR) is 71.3 cm³/mol. The molecule has 5 nitrogen and oxygen atoms in total. The van der Waals surface area contributed by atoms with Crippen molar-refractivity contribution in [1.29, 1.82) is 0 Å². The van der Waals surface area contributed by atoms with Crippen molar-refractivity contribution in [2.75, 3.05) is 5.32 Å². The number of nitrogens with one attached hydrogen (secondary N) is 1. The van der Waals surface area contributed by atoms with Gasteiger partial charge in [-0.05, 0) is 37.6 Å². The summed E-state index contributed by atoms with van der Waals surface area (Å²) in [6.45, 7) is 1.99. The first-order valence-electron chi connectivity index (χ1n) is 6.14. The van der Waals surface area contributed by atoms with E-state index < -0.39 is 5.97 Å². The molecule has 2 heterocycles. The molecular formula is C14H16N2O3. The Morgan fingerprint density at radius 2 is 2.32 bits per heavy atom. The van der Waals surface area contributed by atoms with Gasteiger partial charge in [0.1, 0.15) is 17.1 Å². The van der Waals surface area contributed by atoms with Gasteiger partial charge in [-0.1, -0.05) is 0 Å². The van der Waals surface area contributed by atoms with Gasteiger partial charge >= 0.3 is 5.97 Å². The van der Waals surface area contributed by atoms with Gasteiger partial charge in [-0.15, -0.1) is 0 Å². The second-order valence-corrected chi connectivity index (χ2v) is 4.37. The number of aryl methyl sites for hydroxylation is 1. The van der Waals surface area contributed by atoms with E-state index in [2.05, 4.69) is 10.3 Å². The van der Waals surface area contributed by atoms with E-state index in [9.17, 15) is 4.79 Å². The third kappa shape index (κ3) is 3.58. The summed E-state index contributed by atoms with van der Waals surface area (Å²) in [5.74, 6) is 0.351. The minimum absolute atomic E-state index is 0.109. The number of furan rings is 1. The zero-order valence-electron chi connectivity index (χ0n) is 10.7. The fraction of sp³-hybridized carbons (Fsp3) is 0.286. The number of aromatic nitrogens is 1. The quantitative estimate of drug-likeness (QED) is 0.835. The molecule has 2 aromatic rings. The number of hydrogen-bond acceptors (Lipinski definition) is 4. The summed E-state index contributed by atoms with van der Waals surface area (Å²) in [7, 11) is 0. The van der Waals surface area contributed by atoms with E-state index in [1.807, 2.05) is 19.1 Å². The van der Waals surface area contributed by atoms with Gasteiger partial charge in [0, 0.05) is 18.7 Å². The molecule has 0 radical (unpaired) electrons. The molecule has 0 aromatic carbocycles. The maximum Gasteiger partial charge on any atom is 0.339 e. The molecule has 0 saturated heterocycles. The number of carboxylic acids is 1. The molecule has 0 spiro atoms. The van der Waals surface area contributed by atoms with Crippen molar-refractivity contribution in [3.63, 3.8) is 0 Å². The molecule has 0 bridgehead atoms. The van der Waals surface area contributed by atoms with Crippen molar-refractivity contribution in [2.45, 2.75) is 25.8 Å². The van der Waals surface area contributed by atoms with Crippen LogP contribution in [0, 0.1) is 0 Å². The van der Waals surface area contributed by atoms with Gasteiger partial charge in [0.2, 0.25) is 0 Å². The second kappa shape index (κ2) is 6.04. The van der Waals surface area contributed by atoms with Gasteiger partial charge in [-0.2, -0.15) is 0 Å². The summed E-state index contributed by atoms with van der Waals surface area (Å²) >= 11 is 0. The second-order valence-electron chi connectivity index (χ2n) is 4.37. The molecule has 0 saturated carbocycles. The number of carbonyl (C=O) groups is 1. The zero-order chi connectivity index (χ0) is 13.7.